The highest BCUT2D eigenvalue weighted by Gasteiger charge is 2.28. The van der Waals surface area contributed by atoms with E-state index in [1.54, 1.807) is 24.1 Å². The summed E-state index contributed by atoms with van der Waals surface area (Å²) in [5.41, 5.74) is 1.34. The topological polar surface area (TPSA) is 69.1 Å². The van der Waals surface area contributed by atoms with E-state index in [-0.39, 0.29) is 12.0 Å². The maximum atomic E-state index is 12.8. The first-order valence-corrected chi connectivity index (χ1v) is 10.1. The third kappa shape index (κ3) is 4.95. The predicted molar refractivity (Wildman–Crippen MR) is 108 cm³/mol. The van der Waals surface area contributed by atoms with Crippen LogP contribution in [0.25, 0.3) is 5.69 Å². The molecule has 1 unspecified atom stereocenters. The van der Waals surface area contributed by atoms with E-state index >= 15 is 0 Å². The lowest BCUT2D eigenvalue weighted by Gasteiger charge is -2.26. The van der Waals surface area contributed by atoms with E-state index in [9.17, 15) is 4.79 Å². The second-order valence-electron chi connectivity index (χ2n) is 7.33. The quantitative estimate of drug-likeness (QED) is 0.701. The largest absolute Gasteiger partial charge is 0.497 e. The Morgan fingerprint density at radius 2 is 1.97 bits per heavy atom. The Morgan fingerprint density at radius 3 is 2.72 bits per heavy atom. The number of likely N-dealkylation sites (tertiary alicyclic amines) is 1. The number of carbonyl (C=O) groups is 1. The summed E-state index contributed by atoms with van der Waals surface area (Å²) < 4.78 is 18.3. The van der Waals surface area contributed by atoms with Crippen LogP contribution >= 0.6 is 0 Å². The van der Waals surface area contributed by atoms with Gasteiger partial charge in [-0.25, -0.2) is 4.68 Å². The summed E-state index contributed by atoms with van der Waals surface area (Å²) >= 11 is 0. The van der Waals surface area contributed by atoms with Crippen molar-refractivity contribution >= 4 is 5.91 Å². The van der Waals surface area contributed by atoms with Gasteiger partial charge in [0.15, 0.2) is 5.69 Å². The van der Waals surface area contributed by atoms with Crippen LogP contribution in [0.4, 0.5) is 0 Å². The molecule has 0 saturated carbocycles. The van der Waals surface area contributed by atoms with Crippen LogP contribution in [0.1, 0.15) is 16.9 Å². The molecule has 4 rings (SSSR count). The minimum atomic E-state index is -0.0449. The number of nitrogens with zero attached hydrogens (tertiary/aromatic N) is 4. The smallest absolute Gasteiger partial charge is 0.274 e. The van der Waals surface area contributed by atoms with E-state index in [1.807, 2.05) is 29.2 Å². The summed E-state index contributed by atoms with van der Waals surface area (Å²) in [6, 6.07) is 9.33. The molecule has 8 nitrogen and oxygen atoms in total. The SMILES string of the molecule is COc1ccc(-n2ccc(C(=O)N3CCC(OCCN4CCOCC4)C3)n2)cc1. The van der Waals surface area contributed by atoms with Gasteiger partial charge in [-0.1, -0.05) is 0 Å². The molecule has 0 aliphatic carbocycles. The van der Waals surface area contributed by atoms with Gasteiger partial charge in [-0.15, -0.1) is 0 Å². The number of amides is 1. The number of aromatic nitrogens is 2. The van der Waals surface area contributed by atoms with Crippen LogP contribution in [-0.2, 0) is 9.47 Å². The highest BCUT2D eigenvalue weighted by atomic mass is 16.5. The molecule has 1 atom stereocenters. The van der Waals surface area contributed by atoms with Gasteiger partial charge in [0.05, 0.1) is 38.7 Å². The van der Waals surface area contributed by atoms with E-state index in [0.717, 1.165) is 50.7 Å². The summed E-state index contributed by atoms with van der Waals surface area (Å²) in [6.07, 6.45) is 2.78. The second kappa shape index (κ2) is 9.39. The maximum absolute atomic E-state index is 12.8. The molecular weight excluding hydrogens is 372 g/mol. The van der Waals surface area contributed by atoms with Crippen molar-refractivity contribution in [2.45, 2.75) is 12.5 Å². The van der Waals surface area contributed by atoms with Gasteiger partial charge >= 0.3 is 0 Å². The maximum Gasteiger partial charge on any atom is 0.274 e. The Labute approximate surface area is 170 Å². The predicted octanol–water partition coefficient (Wildman–Crippen LogP) is 1.44. The molecule has 2 fully saturated rings. The monoisotopic (exact) mass is 400 g/mol. The van der Waals surface area contributed by atoms with Crippen molar-refractivity contribution < 1.29 is 19.0 Å². The number of ether oxygens (including phenoxy) is 3. The third-order valence-corrected chi connectivity index (χ3v) is 5.44. The van der Waals surface area contributed by atoms with Crippen molar-refractivity contribution in [2.75, 3.05) is 59.7 Å². The fraction of sp³-hybridized carbons (Fsp3) is 0.524. The Hall–Kier alpha value is -2.42. The molecule has 1 aromatic carbocycles. The molecule has 3 heterocycles. The normalized spacial score (nSPS) is 20.2. The number of carbonyl (C=O) groups excluding carboxylic acids is 1. The first-order chi connectivity index (χ1) is 14.2. The summed E-state index contributed by atoms with van der Waals surface area (Å²) in [4.78, 5) is 17.0. The van der Waals surface area contributed by atoms with Gasteiger partial charge in [-0.2, -0.15) is 5.10 Å². The number of benzene rings is 1. The van der Waals surface area contributed by atoms with Crippen LogP contribution < -0.4 is 4.74 Å². The highest BCUT2D eigenvalue weighted by Crippen LogP contribution is 2.18. The number of hydrogen-bond donors (Lipinski definition) is 0. The lowest BCUT2D eigenvalue weighted by Crippen LogP contribution is -2.39. The van der Waals surface area contributed by atoms with E-state index in [0.29, 0.717) is 25.4 Å². The van der Waals surface area contributed by atoms with E-state index < -0.39 is 0 Å². The van der Waals surface area contributed by atoms with Crippen LogP contribution in [0, 0.1) is 0 Å². The van der Waals surface area contributed by atoms with Crippen molar-refractivity contribution in [1.82, 2.24) is 19.6 Å². The van der Waals surface area contributed by atoms with Crippen molar-refractivity contribution in [1.29, 1.82) is 0 Å². The Kier molecular flexibility index (Phi) is 6.43. The third-order valence-electron chi connectivity index (χ3n) is 5.44. The average Bonchev–Trinajstić information content (AvgIpc) is 3.44. The molecule has 0 N–H and O–H groups in total. The molecule has 2 aliphatic heterocycles. The van der Waals surface area contributed by atoms with E-state index in [4.69, 9.17) is 14.2 Å². The summed E-state index contributed by atoms with van der Waals surface area (Å²) in [6.45, 7) is 6.47. The molecule has 0 spiro atoms. The van der Waals surface area contributed by atoms with Crippen LogP contribution in [0.15, 0.2) is 36.5 Å². The van der Waals surface area contributed by atoms with Gasteiger partial charge in [0.2, 0.25) is 0 Å². The first-order valence-electron chi connectivity index (χ1n) is 10.1. The fourth-order valence-corrected chi connectivity index (χ4v) is 3.70. The standard InChI is InChI=1S/C21H28N4O4/c1-27-18-4-2-17(3-5-18)25-9-7-20(22-25)21(26)24-8-6-19(16-24)29-15-12-23-10-13-28-14-11-23/h2-5,7,9,19H,6,8,10-16H2,1H3. The Morgan fingerprint density at radius 1 is 1.17 bits per heavy atom. The molecule has 0 radical (unpaired) electrons. The summed E-state index contributed by atoms with van der Waals surface area (Å²) in [7, 11) is 1.63. The zero-order valence-electron chi connectivity index (χ0n) is 16.8. The van der Waals surface area contributed by atoms with Crippen molar-refractivity contribution in [3.8, 4) is 11.4 Å². The van der Waals surface area contributed by atoms with E-state index in [1.165, 1.54) is 0 Å². The molecule has 1 aromatic heterocycles. The lowest BCUT2D eigenvalue weighted by atomic mass is 10.3. The molecule has 0 bridgehead atoms. The molecule has 1 amide bonds. The minimum absolute atomic E-state index is 0.0449. The summed E-state index contributed by atoms with van der Waals surface area (Å²) in [5, 5.41) is 4.45. The molecule has 29 heavy (non-hydrogen) atoms. The zero-order chi connectivity index (χ0) is 20.1. The minimum Gasteiger partial charge on any atom is -0.497 e. The van der Waals surface area contributed by atoms with Crippen LogP contribution in [-0.4, -0.2) is 91.2 Å². The average molecular weight is 400 g/mol. The van der Waals surface area contributed by atoms with Crippen molar-refractivity contribution in [3.63, 3.8) is 0 Å². The van der Waals surface area contributed by atoms with Crippen molar-refractivity contribution in [2.24, 2.45) is 0 Å². The number of rotatable bonds is 7. The number of methoxy groups -OCH3 is 1. The Bertz CT molecular complexity index is 801. The van der Waals surface area contributed by atoms with Crippen molar-refractivity contribution in [3.05, 3.63) is 42.2 Å². The molecule has 156 valence electrons. The fourth-order valence-electron chi connectivity index (χ4n) is 3.70. The van der Waals surface area contributed by atoms with Crippen LogP contribution in [0.5, 0.6) is 5.75 Å². The molecular formula is C21H28N4O4. The van der Waals surface area contributed by atoms with Crippen LogP contribution in [0.3, 0.4) is 0 Å². The molecule has 2 aliphatic rings. The zero-order valence-corrected chi connectivity index (χ0v) is 16.8. The Balaban J connectivity index is 1.27. The molecule has 2 aromatic rings. The van der Waals surface area contributed by atoms with Gasteiger partial charge in [0, 0.05) is 38.9 Å². The highest BCUT2D eigenvalue weighted by molar-refractivity contribution is 5.92. The van der Waals surface area contributed by atoms with Gasteiger partial charge in [0.25, 0.3) is 5.91 Å². The first kappa shape index (κ1) is 19.9. The van der Waals surface area contributed by atoms with Gasteiger partial charge in [0.1, 0.15) is 5.75 Å². The van der Waals surface area contributed by atoms with Gasteiger partial charge in [-0.05, 0) is 36.8 Å². The second-order valence-corrected chi connectivity index (χ2v) is 7.33. The number of morpholine rings is 1. The van der Waals surface area contributed by atoms with Gasteiger partial charge < -0.3 is 19.1 Å². The van der Waals surface area contributed by atoms with E-state index in [2.05, 4.69) is 10.00 Å². The molecule has 2 saturated heterocycles. The van der Waals surface area contributed by atoms with Gasteiger partial charge in [-0.3, -0.25) is 9.69 Å². The molecule has 8 heteroatoms. The lowest BCUT2D eigenvalue weighted by molar-refractivity contribution is 0.00423. The summed E-state index contributed by atoms with van der Waals surface area (Å²) in [5.74, 6) is 0.741. The number of hydrogen-bond acceptors (Lipinski definition) is 6. The van der Waals surface area contributed by atoms with Crippen LogP contribution in [0.2, 0.25) is 0 Å².